The van der Waals surface area contributed by atoms with Crippen molar-refractivity contribution in [2.45, 2.75) is 26.2 Å². The Morgan fingerprint density at radius 2 is 1.81 bits per heavy atom. The van der Waals surface area contributed by atoms with E-state index in [4.69, 9.17) is 0 Å². The molecule has 1 aromatic carbocycles. The Balaban J connectivity index is 1.77. The third kappa shape index (κ3) is 4.42. The maximum absolute atomic E-state index is 12.7. The molecule has 1 fully saturated rings. The quantitative estimate of drug-likeness (QED) is 0.840. The summed E-state index contributed by atoms with van der Waals surface area (Å²) in [5.41, 5.74) is 2.46. The highest BCUT2D eigenvalue weighted by Gasteiger charge is 2.23. The Kier molecular flexibility index (Phi) is 5.39. The monoisotopic (exact) mass is 367 g/mol. The van der Waals surface area contributed by atoms with Gasteiger partial charge in [-0.15, -0.1) is 0 Å². The average molecular weight is 367 g/mol. The lowest BCUT2D eigenvalue weighted by molar-refractivity contribution is -0.119. The first-order chi connectivity index (χ1) is 12.9. The van der Waals surface area contributed by atoms with E-state index >= 15 is 0 Å². The van der Waals surface area contributed by atoms with E-state index in [9.17, 15) is 9.59 Å². The molecular weight excluding hydrogens is 342 g/mol. The van der Waals surface area contributed by atoms with E-state index < -0.39 is 0 Å². The summed E-state index contributed by atoms with van der Waals surface area (Å²) >= 11 is 0. The summed E-state index contributed by atoms with van der Waals surface area (Å²) in [7, 11) is 0. The van der Waals surface area contributed by atoms with E-state index in [1.807, 2.05) is 18.2 Å². The van der Waals surface area contributed by atoms with Crippen LogP contribution in [0.4, 0.5) is 11.5 Å². The minimum atomic E-state index is -0.143. The number of nitrogens with zero attached hydrogens (tertiary/aromatic N) is 4. The van der Waals surface area contributed by atoms with E-state index in [1.165, 1.54) is 11.9 Å². The first-order valence-electron chi connectivity index (χ1n) is 9.05. The maximum Gasteiger partial charge on any atom is 0.272 e. The Bertz CT molecular complexity index is 823. The number of carbonyl (C=O) groups is 2. The number of benzene rings is 1. The molecule has 0 unspecified atom stereocenters. The van der Waals surface area contributed by atoms with Crippen LogP contribution in [0.25, 0.3) is 0 Å². The van der Waals surface area contributed by atoms with Crippen molar-refractivity contribution in [3.63, 3.8) is 0 Å². The Morgan fingerprint density at radius 3 is 2.48 bits per heavy atom. The van der Waals surface area contributed by atoms with E-state index in [0.717, 1.165) is 12.1 Å². The number of carbonyl (C=O) groups excluding carboxylic acids is 2. The van der Waals surface area contributed by atoms with Crippen molar-refractivity contribution in [1.82, 2.24) is 19.8 Å². The standard InChI is InChI=1S/C20H25N5O2/c1-20(2,3)15-6-4-5-7-16(15)23-18-12-17(21-13-22-18)19(27)25-10-8-24(14-26)9-11-25/h4-7,12-14H,8-11H2,1-3H3,(H,21,22,23). The molecule has 1 aliphatic rings. The van der Waals surface area contributed by atoms with Crippen LogP contribution >= 0.6 is 0 Å². The maximum atomic E-state index is 12.7. The molecule has 0 atom stereocenters. The number of hydrogen-bond donors (Lipinski definition) is 1. The number of rotatable bonds is 4. The van der Waals surface area contributed by atoms with Crippen LogP contribution in [0.5, 0.6) is 0 Å². The van der Waals surface area contributed by atoms with Gasteiger partial charge >= 0.3 is 0 Å². The molecule has 1 aliphatic heterocycles. The molecule has 142 valence electrons. The molecule has 0 radical (unpaired) electrons. The van der Waals surface area contributed by atoms with Crippen molar-refractivity contribution in [2.75, 3.05) is 31.5 Å². The van der Waals surface area contributed by atoms with Gasteiger partial charge in [0.25, 0.3) is 5.91 Å². The van der Waals surface area contributed by atoms with Crippen molar-refractivity contribution < 1.29 is 9.59 Å². The van der Waals surface area contributed by atoms with Crippen molar-refractivity contribution in [2.24, 2.45) is 0 Å². The Morgan fingerprint density at radius 1 is 1.11 bits per heavy atom. The smallest absolute Gasteiger partial charge is 0.272 e. The fourth-order valence-corrected chi connectivity index (χ4v) is 3.12. The fourth-order valence-electron chi connectivity index (χ4n) is 3.12. The molecule has 3 rings (SSSR count). The van der Waals surface area contributed by atoms with Gasteiger partial charge in [0.15, 0.2) is 0 Å². The highest BCUT2D eigenvalue weighted by atomic mass is 16.2. The van der Waals surface area contributed by atoms with Gasteiger partial charge in [-0.1, -0.05) is 39.0 Å². The van der Waals surface area contributed by atoms with Crippen LogP contribution < -0.4 is 5.32 Å². The van der Waals surface area contributed by atoms with Crippen LogP contribution in [0.3, 0.4) is 0 Å². The summed E-state index contributed by atoms with van der Waals surface area (Å²) < 4.78 is 0. The second-order valence-electron chi connectivity index (χ2n) is 7.64. The summed E-state index contributed by atoms with van der Waals surface area (Å²) in [6.45, 7) is 8.58. The van der Waals surface area contributed by atoms with Gasteiger partial charge in [-0.25, -0.2) is 9.97 Å². The van der Waals surface area contributed by atoms with Gasteiger partial charge in [0, 0.05) is 37.9 Å². The van der Waals surface area contributed by atoms with Gasteiger partial charge in [0.2, 0.25) is 6.41 Å². The summed E-state index contributed by atoms with van der Waals surface area (Å²) in [6.07, 6.45) is 2.22. The molecule has 27 heavy (non-hydrogen) atoms. The number of amides is 2. The predicted octanol–water partition coefficient (Wildman–Crippen LogP) is 2.43. The molecule has 0 saturated carbocycles. The van der Waals surface area contributed by atoms with Crippen LogP contribution in [0, 0.1) is 0 Å². The largest absolute Gasteiger partial charge is 0.342 e. The molecule has 1 N–H and O–H groups in total. The van der Waals surface area contributed by atoms with Crippen molar-refractivity contribution in [3.05, 3.63) is 47.9 Å². The highest BCUT2D eigenvalue weighted by molar-refractivity contribution is 5.93. The van der Waals surface area contributed by atoms with Gasteiger partial charge in [-0.2, -0.15) is 0 Å². The van der Waals surface area contributed by atoms with E-state index in [-0.39, 0.29) is 11.3 Å². The van der Waals surface area contributed by atoms with Crippen LogP contribution in [0.15, 0.2) is 36.7 Å². The zero-order valence-electron chi connectivity index (χ0n) is 16.0. The van der Waals surface area contributed by atoms with E-state index in [1.54, 1.807) is 15.9 Å². The molecule has 0 aliphatic carbocycles. The zero-order chi connectivity index (χ0) is 19.4. The number of piperazine rings is 1. The average Bonchev–Trinajstić information content (AvgIpc) is 2.67. The number of para-hydroxylation sites is 1. The lowest BCUT2D eigenvalue weighted by atomic mass is 9.86. The number of aromatic nitrogens is 2. The molecule has 2 amide bonds. The number of hydrogen-bond acceptors (Lipinski definition) is 5. The highest BCUT2D eigenvalue weighted by Crippen LogP contribution is 2.30. The van der Waals surface area contributed by atoms with E-state index in [0.29, 0.717) is 37.7 Å². The van der Waals surface area contributed by atoms with Crippen LogP contribution in [-0.4, -0.2) is 58.3 Å². The minimum Gasteiger partial charge on any atom is -0.342 e. The van der Waals surface area contributed by atoms with Gasteiger partial charge in [0.05, 0.1) is 0 Å². The molecule has 7 nitrogen and oxygen atoms in total. The first-order valence-corrected chi connectivity index (χ1v) is 9.05. The van der Waals surface area contributed by atoms with Crippen molar-refractivity contribution in [1.29, 1.82) is 0 Å². The molecule has 2 aromatic rings. The van der Waals surface area contributed by atoms with Gasteiger partial charge in [-0.05, 0) is 17.0 Å². The topological polar surface area (TPSA) is 78.4 Å². The van der Waals surface area contributed by atoms with Gasteiger partial charge < -0.3 is 15.1 Å². The lowest BCUT2D eigenvalue weighted by Crippen LogP contribution is -2.48. The summed E-state index contributed by atoms with van der Waals surface area (Å²) in [6, 6.07) is 9.75. The molecule has 1 aromatic heterocycles. The SMILES string of the molecule is CC(C)(C)c1ccccc1Nc1cc(C(=O)N2CCN(C=O)CC2)ncn1. The molecule has 0 spiro atoms. The van der Waals surface area contributed by atoms with Gasteiger partial charge in [0.1, 0.15) is 17.8 Å². The number of anilines is 2. The minimum absolute atomic E-state index is 0.0203. The second kappa shape index (κ2) is 7.73. The van der Waals surface area contributed by atoms with E-state index in [2.05, 4.69) is 42.1 Å². The van der Waals surface area contributed by atoms with Gasteiger partial charge in [-0.3, -0.25) is 9.59 Å². The van der Waals surface area contributed by atoms with Crippen LogP contribution in [0.1, 0.15) is 36.8 Å². The third-order valence-electron chi connectivity index (χ3n) is 4.63. The molecule has 1 saturated heterocycles. The normalized spacial score (nSPS) is 14.8. The van der Waals surface area contributed by atoms with Crippen molar-refractivity contribution in [3.8, 4) is 0 Å². The number of nitrogens with one attached hydrogen (secondary N) is 1. The fraction of sp³-hybridized carbons (Fsp3) is 0.400. The summed E-state index contributed by atoms with van der Waals surface area (Å²) in [5, 5.41) is 3.32. The first kappa shape index (κ1) is 18.8. The summed E-state index contributed by atoms with van der Waals surface area (Å²) in [5.74, 6) is 0.437. The molecular formula is C20H25N5O2. The zero-order valence-corrected chi connectivity index (χ0v) is 16.0. The Labute approximate surface area is 159 Å². The second-order valence-corrected chi connectivity index (χ2v) is 7.64. The van der Waals surface area contributed by atoms with Crippen LogP contribution in [-0.2, 0) is 10.2 Å². The molecule has 7 heteroatoms. The van der Waals surface area contributed by atoms with Crippen LogP contribution in [0.2, 0.25) is 0 Å². The Hall–Kier alpha value is -2.96. The predicted molar refractivity (Wildman–Crippen MR) is 104 cm³/mol. The lowest BCUT2D eigenvalue weighted by Gasteiger charge is -2.32. The third-order valence-corrected chi connectivity index (χ3v) is 4.63. The molecule has 2 heterocycles. The van der Waals surface area contributed by atoms with Crippen molar-refractivity contribution >= 4 is 23.8 Å². The molecule has 0 bridgehead atoms. The summed E-state index contributed by atoms with van der Waals surface area (Å²) in [4.78, 5) is 35.3.